The number of carbonyl (C=O) groups is 2. The zero-order valence-corrected chi connectivity index (χ0v) is 13.2. The summed E-state index contributed by atoms with van der Waals surface area (Å²) in [7, 11) is 0. The lowest BCUT2D eigenvalue weighted by molar-refractivity contribution is -0.150. The number of nitrogens with zero attached hydrogens (tertiary/aromatic N) is 2. The number of benzene rings is 1. The lowest BCUT2D eigenvalue weighted by Crippen LogP contribution is -2.39. The minimum Gasteiger partial charge on any atom is -0.479 e. The van der Waals surface area contributed by atoms with Gasteiger partial charge in [-0.15, -0.1) is 0 Å². The van der Waals surface area contributed by atoms with E-state index in [-0.39, 0.29) is 36.7 Å². The molecule has 1 saturated heterocycles. The Balaban J connectivity index is 1.74. The molecule has 1 atom stereocenters. The first kappa shape index (κ1) is 16.9. The molecule has 1 aliphatic heterocycles. The fraction of sp³-hybridized carbons (Fsp3) is 0.375. The quantitative estimate of drug-likeness (QED) is 0.813. The van der Waals surface area contributed by atoms with Gasteiger partial charge in [0.05, 0.1) is 23.9 Å². The van der Waals surface area contributed by atoms with E-state index in [1.165, 1.54) is 12.1 Å². The molecule has 1 unspecified atom stereocenters. The first-order valence-corrected chi connectivity index (χ1v) is 7.74. The van der Waals surface area contributed by atoms with Crippen molar-refractivity contribution < 1.29 is 19.1 Å². The zero-order chi connectivity index (χ0) is 18.2. The van der Waals surface area contributed by atoms with E-state index in [1.54, 1.807) is 12.1 Å². The number of aliphatic carboxylic acids is 1. The monoisotopic (exact) mass is 349 g/mol. The van der Waals surface area contributed by atoms with Gasteiger partial charge in [0.2, 0.25) is 11.6 Å². The van der Waals surface area contributed by atoms with Gasteiger partial charge in [-0.25, -0.2) is 13.9 Å². The number of carbonyl (C=O) groups excluding carboxylic acids is 1. The number of carboxylic acid groups (broad SMARTS) is 1. The van der Waals surface area contributed by atoms with E-state index in [0.717, 1.165) is 9.58 Å². The summed E-state index contributed by atoms with van der Waals surface area (Å²) < 4.78 is 15.0. The molecule has 0 aliphatic carbocycles. The third-order valence-electron chi connectivity index (χ3n) is 4.39. The van der Waals surface area contributed by atoms with Crippen molar-refractivity contribution in [2.45, 2.75) is 25.1 Å². The van der Waals surface area contributed by atoms with E-state index in [1.807, 2.05) is 0 Å². The zero-order valence-electron chi connectivity index (χ0n) is 13.2. The van der Waals surface area contributed by atoms with E-state index in [4.69, 9.17) is 5.11 Å². The fourth-order valence-corrected chi connectivity index (χ4v) is 2.93. The van der Waals surface area contributed by atoms with Gasteiger partial charge in [-0.3, -0.25) is 19.5 Å². The second kappa shape index (κ2) is 6.15. The lowest BCUT2D eigenvalue weighted by Gasteiger charge is -2.18. The molecule has 2 N–H and O–H groups in total. The molecule has 9 heteroatoms. The van der Waals surface area contributed by atoms with Crippen molar-refractivity contribution in [1.82, 2.24) is 14.7 Å². The maximum absolute atomic E-state index is 14.0. The maximum Gasteiger partial charge on any atom is 0.343 e. The number of alkyl halides is 1. The molecule has 2 heterocycles. The van der Waals surface area contributed by atoms with Crippen molar-refractivity contribution in [3.05, 3.63) is 45.0 Å². The summed E-state index contributed by atoms with van der Waals surface area (Å²) >= 11 is 0. The number of carboxylic acids is 1. The molecule has 0 bridgehead atoms. The van der Waals surface area contributed by atoms with Crippen molar-refractivity contribution in [2.75, 3.05) is 13.1 Å². The van der Waals surface area contributed by atoms with E-state index in [0.29, 0.717) is 0 Å². The minimum absolute atomic E-state index is 0.00473. The Morgan fingerprint density at radius 3 is 2.56 bits per heavy atom. The standard InChI is InChI=1S/C16H16FN3O5/c17-16(15(24)25)6-8-19(9-16)12(21)5-7-20-14(23)11-4-2-1-3-10(11)13(22)18-20/h1-4H,5-9H2,(H,18,22)(H,24,25). The normalized spacial score (nSPS) is 20.1. The van der Waals surface area contributed by atoms with E-state index in [9.17, 15) is 23.6 Å². The smallest absolute Gasteiger partial charge is 0.343 e. The van der Waals surface area contributed by atoms with Gasteiger partial charge in [-0.2, -0.15) is 0 Å². The van der Waals surface area contributed by atoms with E-state index in [2.05, 4.69) is 5.10 Å². The highest BCUT2D eigenvalue weighted by Gasteiger charge is 2.46. The summed E-state index contributed by atoms with van der Waals surface area (Å²) in [5.74, 6) is -2.06. The Kier molecular flexibility index (Phi) is 4.15. The van der Waals surface area contributed by atoms with Crippen molar-refractivity contribution in [3.63, 3.8) is 0 Å². The number of aryl methyl sites for hydroxylation is 1. The van der Waals surface area contributed by atoms with Gasteiger partial charge in [0, 0.05) is 19.4 Å². The number of hydrogen-bond acceptors (Lipinski definition) is 4. The SMILES string of the molecule is O=C(CCn1[nH]c(=O)c2ccccc2c1=O)N1CCC(F)(C(=O)O)C1. The molecular formula is C16H16FN3O5. The van der Waals surface area contributed by atoms with Crippen molar-refractivity contribution in [2.24, 2.45) is 0 Å². The Bertz CT molecular complexity index is 966. The second-order valence-electron chi connectivity index (χ2n) is 6.03. The summed E-state index contributed by atoms with van der Waals surface area (Å²) in [6.45, 7) is -0.588. The summed E-state index contributed by atoms with van der Waals surface area (Å²) in [4.78, 5) is 48.5. The molecule has 0 saturated carbocycles. The Morgan fingerprint density at radius 2 is 1.92 bits per heavy atom. The van der Waals surface area contributed by atoms with E-state index < -0.39 is 35.2 Å². The second-order valence-corrected chi connectivity index (χ2v) is 6.03. The van der Waals surface area contributed by atoms with Crippen LogP contribution in [0.5, 0.6) is 0 Å². The van der Waals surface area contributed by atoms with Crippen molar-refractivity contribution in [1.29, 1.82) is 0 Å². The summed E-state index contributed by atoms with van der Waals surface area (Å²) in [6.07, 6.45) is -0.412. The number of aromatic nitrogens is 2. The molecule has 0 radical (unpaired) electrons. The Hall–Kier alpha value is -2.97. The molecule has 1 aromatic carbocycles. The highest BCUT2D eigenvalue weighted by molar-refractivity contribution is 5.82. The first-order chi connectivity index (χ1) is 11.8. The Labute approximate surface area is 140 Å². The first-order valence-electron chi connectivity index (χ1n) is 7.74. The number of nitrogens with one attached hydrogen (secondary N) is 1. The van der Waals surface area contributed by atoms with Crippen LogP contribution in [0.3, 0.4) is 0 Å². The van der Waals surface area contributed by atoms with Crippen LogP contribution in [0.2, 0.25) is 0 Å². The van der Waals surface area contributed by atoms with Crippen LogP contribution in [0.25, 0.3) is 10.8 Å². The van der Waals surface area contributed by atoms with Gasteiger partial charge in [0.25, 0.3) is 11.1 Å². The average Bonchev–Trinajstić information content (AvgIpc) is 3.00. The molecule has 0 spiro atoms. The molecule has 3 rings (SSSR count). The van der Waals surface area contributed by atoms with Gasteiger partial charge in [0.15, 0.2) is 0 Å². The van der Waals surface area contributed by atoms with Gasteiger partial charge in [0.1, 0.15) is 0 Å². The fourth-order valence-electron chi connectivity index (χ4n) is 2.93. The van der Waals surface area contributed by atoms with Crippen molar-refractivity contribution >= 4 is 22.6 Å². The van der Waals surface area contributed by atoms with E-state index >= 15 is 0 Å². The van der Waals surface area contributed by atoms with Gasteiger partial charge >= 0.3 is 5.97 Å². The number of likely N-dealkylation sites (tertiary alicyclic amines) is 1. The molecule has 1 aromatic heterocycles. The number of amides is 1. The number of hydrogen-bond donors (Lipinski definition) is 2. The molecule has 132 valence electrons. The third-order valence-corrected chi connectivity index (χ3v) is 4.39. The summed E-state index contributed by atoms with van der Waals surface area (Å²) in [5, 5.41) is 11.8. The van der Waals surface area contributed by atoms with Crippen LogP contribution in [0.4, 0.5) is 4.39 Å². The summed E-state index contributed by atoms with van der Waals surface area (Å²) in [5.41, 5.74) is -3.31. The molecule has 1 amide bonds. The topological polar surface area (TPSA) is 112 Å². The third kappa shape index (κ3) is 3.04. The van der Waals surface area contributed by atoms with Crippen LogP contribution in [-0.4, -0.2) is 50.4 Å². The average molecular weight is 349 g/mol. The number of rotatable bonds is 4. The lowest BCUT2D eigenvalue weighted by atomic mass is 10.1. The van der Waals surface area contributed by atoms with Crippen molar-refractivity contribution in [3.8, 4) is 0 Å². The van der Waals surface area contributed by atoms with Gasteiger partial charge in [-0.1, -0.05) is 12.1 Å². The van der Waals surface area contributed by atoms with Gasteiger partial charge in [-0.05, 0) is 12.1 Å². The number of H-pyrrole nitrogens is 1. The maximum atomic E-state index is 14.0. The number of aromatic amines is 1. The van der Waals surface area contributed by atoms with Crippen LogP contribution < -0.4 is 11.1 Å². The van der Waals surface area contributed by atoms with Gasteiger partial charge < -0.3 is 10.0 Å². The highest BCUT2D eigenvalue weighted by Crippen LogP contribution is 2.26. The molecule has 25 heavy (non-hydrogen) atoms. The largest absolute Gasteiger partial charge is 0.479 e. The highest BCUT2D eigenvalue weighted by atomic mass is 19.1. The molecule has 2 aromatic rings. The predicted molar refractivity (Wildman–Crippen MR) is 86.1 cm³/mol. The molecular weight excluding hydrogens is 333 g/mol. The number of fused-ring (bicyclic) bond motifs is 1. The molecule has 8 nitrogen and oxygen atoms in total. The molecule has 1 aliphatic rings. The molecule has 1 fully saturated rings. The van der Waals surface area contributed by atoms with Crippen LogP contribution in [-0.2, 0) is 16.1 Å². The summed E-state index contributed by atoms with van der Waals surface area (Å²) in [6, 6.07) is 6.33. The number of halogens is 1. The van der Waals surface area contributed by atoms with Crippen LogP contribution in [0.1, 0.15) is 12.8 Å². The van der Waals surface area contributed by atoms with Crippen LogP contribution in [0, 0.1) is 0 Å². The van der Waals surface area contributed by atoms with Crippen LogP contribution in [0.15, 0.2) is 33.9 Å². The Morgan fingerprint density at radius 1 is 1.24 bits per heavy atom. The predicted octanol–water partition coefficient (Wildman–Crippen LogP) is 0.105. The minimum atomic E-state index is -2.43. The van der Waals surface area contributed by atoms with Crippen LogP contribution >= 0.6 is 0 Å².